The highest BCUT2D eigenvalue weighted by atomic mass is 19.1. The lowest BCUT2D eigenvalue weighted by atomic mass is 10.3. The number of nitrogens with one attached hydrogen (secondary N) is 1. The van der Waals surface area contributed by atoms with E-state index in [0.717, 1.165) is 0 Å². The number of halogens is 1. The molecule has 5 heteroatoms. The first-order valence-electron chi connectivity index (χ1n) is 4.39. The number of nitrogens with two attached hydrogens (primary N) is 1. The van der Waals surface area contributed by atoms with Crippen LogP contribution in [0.3, 0.4) is 0 Å². The van der Waals surface area contributed by atoms with Crippen molar-refractivity contribution in [2.45, 2.75) is 19.9 Å². The molecule has 0 amide bonds. The maximum absolute atomic E-state index is 13.4. The average Bonchev–Trinajstić information content (AvgIpc) is 2.41. The van der Waals surface area contributed by atoms with Gasteiger partial charge in [-0.2, -0.15) is 9.37 Å². The lowest BCUT2D eigenvalue weighted by Gasteiger charge is -2.12. The highest BCUT2D eigenvalue weighted by molar-refractivity contribution is 5.67. The Bertz CT molecular complexity index is 354. The van der Waals surface area contributed by atoms with Gasteiger partial charge in [-0.15, -0.1) is 0 Å². The van der Waals surface area contributed by atoms with Crippen LogP contribution in [0.1, 0.15) is 25.6 Å². The van der Waals surface area contributed by atoms with Crippen LogP contribution in [0, 0.1) is 6.08 Å². The molecule has 3 N–H and O–H groups in total. The van der Waals surface area contributed by atoms with Crippen LogP contribution in [0.4, 0.5) is 10.2 Å². The van der Waals surface area contributed by atoms with Crippen molar-refractivity contribution in [3.05, 3.63) is 18.4 Å². The Morgan fingerprint density at radius 3 is 2.57 bits per heavy atom. The van der Waals surface area contributed by atoms with Gasteiger partial charge in [-0.25, -0.2) is 0 Å². The monoisotopic (exact) mass is 198 g/mol. The number of anilines is 1. The summed E-state index contributed by atoms with van der Waals surface area (Å²) in [5.74, 6) is 0.560. The summed E-state index contributed by atoms with van der Waals surface area (Å²) in [5, 5.41) is 2.87. The molecular formula is C9H15FN4. The van der Waals surface area contributed by atoms with Crippen molar-refractivity contribution in [1.29, 1.82) is 0 Å². The Hall–Kier alpha value is -1.52. The molecule has 0 fully saturated rings. The summed E-state index contributed by atoms with van der Waals surface area (Å²) in [6, 6.07) is -0.0157. The molecule has 0 spiro atoms. The first kappa shape index (κ1) is 10.6. The Labute approximate surface area is 82.6 Å². The second kappa shape index (κ2) is 3.69. The van der Waals surface area contributed by atoms with Crippen LogP contribution >= 0.6 is 0 Å². The maximum atomic E-state index is 13.4. The lowest BCUT2D eigenvalue weighted by molar-refractivity contribution is 0.438. The van der Waals surface area contributed by atoms with Crippen molar-refractivity contribution in [1.82, 2.24) is 9.55 Å². The highest BCUT2D eigenvalue weighted by Crippen LogP contribution is 2.24. The van der Waals surface area contributed by atoms with Gasteiger partial charge in [0.1, 0.15) is 11.5 Å². The van der Waals surface area contributed by atoms with Crippen molar-refractivity contribution in [3.63, 3.8) is 0 Å². The summed E-state index contributed by atoms with van der Waals surface area (Å²) in [6.07, 6.45) is -0.550. The van der Waals surface area contributed by atoms with Gasteiger partial charge in [-0.05, 0) is 13.8 Å². The summed E-state index contributed by atoms with van der Waals surface area (Å²) in [5.41, 5.74) is 6.13. The topological polar surface area (TPSA) is 55.9 Å². The van der Waals surface area contributed by atoms with Crippen molar-refractivity contribution < 1.29 is 4.39 Å². The van der Waals surface area contributed by atoms with E-state index in [0.29, 0.717) is 11.5 Å². The van der Waals surface area contributed by atoms with Gasteiger partial charge in [0.05, 0.1) is 5.70 Å². The number of nitrogens with zero attached hydrogens (tertiary/aromatic N) is 2. The Morgan fingerprint density at radius 2 is 2.21 bits per heavy atom. The molecule has 78 valence electrons. The third kappa shape index (κ3) is 1.57. The standard InChI is InChI=1S/C9H15FN4/c1-5(2)14-8(12-4)7(6(3)11)13-9(14)10/h5,12H,3,11H2,1-2,4H3. The minimum Gasteiger partial charge on any atom is -0.397 e. The van der Waals surface area contributed by atoms with Gasteiger partial charge in [0.2, 0.25) is 0 Å². The summed E-state index contributed by atoms with van der Waals surface area (Å²) < 4.78 is 14.8. The van der Waals surface area contributed by atoms with Gasteiger partial charge >= 0.3 is 0 Å². The molecule has 1 rings (SSSR count). The first-order chi connectivity index (χ1) is 6.49. The third-order valence-corrected chi connectivity index (χ3v) is 1.93. The quantitative estimate of drug-likeness (QED) is 0.775. The van der Waals surface area contributed by atoms with Crippen molar-refractivity contribution in [3.8, 4) is 0 Å². The molecule has 0 aliphatic rings. The molecule has 0 unspecified atom stereocenters. The molecule has 1 heterocycles. The zero-order chi connectivity index (χ0) is 10.9. The minimum atomic E-state index is -0.550. The van der Waals surface area contributed by atoms with E-state index in [1.807, 2.05) is 13.8 Å². The van der Waals surface area contributed by atoms with Gasteiger partial charge in [0.25, 0.3) is 6.08 Å². The predicted octanol–water partition coefficient (Wildman–Crippen LogP) is 1.57. The van der Waals surface area contributed by atoms with E-state index in [1.54, 1.807) is 7.05 Å². The Balaban J connectivity index is 3.35. The molecule has 0 atom stereocenters. The second-order valence-corrected chi connectivity index (χ2v) is 3.32. The molecule has 4 nitrogen and oxygen atoms in total. The predicted molar refractivity (Wildman–Crippen MR) is 55.3 cm³/mol. The number of aromatic nitrogens is 2. The van der Waals surface area contributed by atoms with Crippen LogP contribution in [0.5, 0.6) is 0 Å². The Kier molecular flexibility index (Phi) is 2.78. The van der Waals surface area contributed by atoms with E-state index in [2.05, 4.69) is 16.9 Å². The van der Waals surface area contributed by atoms with Crippen LogP contribution in [0.2, 0.25) is 0 Å². The number of hydrogen-bond donors (Lipinski definition) is 2. The summed E-state index contributed by atoms with van der Waals surface area (Å²) in [6.45, 7) is 7.28. The van der Waals surface area contributed by atoms with E-state index >= 15 is 0 Å². The van der Waals surface area contributed by atoms with Gasteiger partial charge in [-0.3, -0.25) is 4.57 Å². The fourth-order valence-electron chi connectivity index (χ4n) is 1.34. The fourth-order valence-corrected chi connectivity index (χ4v) is 1.34. The number of hydrogen-bond acceptors (Lipinski definition) is 3. The zero-order valence-corrected chi connectivity index (χ0v) is 8.63. The molecule has 0 aromatic carbocycles. The molecule has 1 aromatic rings. The molecule has 0 bridgehead atoms. The van der Waals surface area contributed by atoms with Crippen molar-refractivity contribution >= 4 is 11.5 Å². The smallest absolute Gasteiger partial charge is 0.291 e. The molecule has 0 saturated heterocycles. The van der Waals surface area contributed by atoms with Crippen LogP contribution in [-0.2, 0) is 0 Å². The first-order valence-corrected chi connectivity index (χ1v) is 4.39. The summed E-state index contributed by atoms with van der Waals surface area (Å²) in [7, 11) is 1.70. The van der Waals surface area contributed by atoms with Crippen LogP contribution in [0.15, 0.2) is 6.58 Å². The molecule has 14 heavy (non-hydrogen) atoms. The van der Waals surface area contributed by atoms with E-state index in [4.69, 9.17) is 5.73 Å². The van der Waals surface area contributed by atoms with Gasteiger partial charge in [0.15, 0.2) is 0 Å². The van der Waals surface area contributed by atoms with E-state index < -0.39 is 6.08 Å². The van der Waals surface area contributed by atoms with Gasteiger partial charge in [-0.1, -0.05) is 6.58 Å². The lowest BCUT2D eigenvalue weighted by Crippen LogP contribution is -2.09. The molecular weight excluding hydrogens is 183 g/mol. The molecule has 0 aliphatic carbocycles. The molecule has 0 saturated carbocycles. The molecule has 0 aliphatic heterocycles. The fraction of sp³-hybridized carbons (Fsp3) is 0.444. The van der Waals surface area contributed by atoms with E-state index in [1.165, 1.54) is 4.57 Å². The van der Waals surface area contributed by atoms with E-state index in [9.17, 15) is 4.39 Å². The van der Waals surface area contributed by atoms with Crippen molar-refractivity contribution in [2.24, 2.45) is 5.73 Å². The highest BCUT2D eigenvalue weighted by Gasteiger charge is 2.18. The average molecular weight is 198 g/mol. The largest absolute Gasteiger partial charge is 0.397 e. The molecule has 0 radical (unpaired) electrons. The summed E-state index contributed by atoms with van der Waals surface area (Å²) >= 11 is 0. The zero-order valence-electron chi connectivity index (χ0n) is 8.63. The van der Waals surface area contributed by atoms with Gasteiger partial charge in [0, 0.05) is 13.1 Å². The SMILES string of the molecule is C=C(N)c1nc(F)n(C(C)C)c1NC. The minimum absolute atomic E-state index is 0.0157. The van der Waals surface area contributed by atoms with E-state index in [-0.39, 0.29) is 11.7 Å². The van der Waals surface area contributed by atoms with Crippen LogP contribution in [-0.4, -0.2) is 16.6 Å². The third-order valence-electron chi connectivity index (χ3n) is 1.93. The maximum Gasteiger partial charge on any atom is 0.291 e. The normalized spacial score (nSPS) is 10.6. The number of imidazole rings is 1. The van der Waals surface area contributed by atoms with Gasteiger partial charge < -0.3 is 11.1 Å². The number of rotatable bonds is 3. The Morgan fingerprint density at radius 1 is 1.64 bits per heavy atom. The van der Waals surface area contributed by atoms with Crippen LogP contribution < -0.4 is 11.1 Å². The van der Waals surface area contributed by atoms with Crippen molar-refractivity contribution in [2.75, 3.05) is 12.4 Å². The van der Waals surface area contributed by atoms with Crippen LogP contribution in [0.25, 0.3) is 5.70 Å². The second-order valence-electron chi connectivity index (χ2n) is 3.32. The summed E-state index contributed by atoms with van der Waals surface area (Å²) in [4.78, 5) is 3.71. The molecule has 1 aromatic heterocycles.